The maximum atomic E-state index is 8.92. The molecule has 10 heavy (non-hydrogen) atoms. The maximum Gasteiger partial charge on any atom is 0.0464 e. The summed E-state index contributed by atoms with van der Waals surface area (Å²) in [6, 6.07) is 0. The Morgan fingerprint density at radius 2 is 2.40 bits per heavy atom. The first-order chi connectivity index (χ1) is 4.74. The van der Waals surface area contributed by atoms with E-state index in [2.05, 4.69) is 19.9 Å². The summed E-state index contributed by atoms with van der Waals surface area (Å²) in [6.45, 7) is 4.71. The molecular weight excluding hydrogens is 124 g/mol. The summed E-state index contributed by atoms with van der Waals surface area (Å²) >= 11 is 0. The standard InChI is InChI=1S/C9H16O/c1-7-3-4-9(6-10)8(2)5-7/h5,8-10H,3-4,6H2,1-2H3/t8?,9-/m0/s1. The quantitative estimate of drug-likeness (QED) is 0.552. The predicted octanol–water partition coefficient (Wildman–Crippen LogP) is 1.97. The molecule has 58 valence electrons. The molecule has 1 N–H and O–H groups in total. The summed E-state index contributed by atoms with van der Waals surface area (Å²) in [4.78, 5) is 0. The van der Waals surface area contributed by atoms with Crippen molar-refractivity contribution in [1.82, 2.24) is 0 Å². The Labute approximate surface area is 62.8 Å². The molecule has 0 saturated carbocycles. The highest BCUT2D eigenvalue weighted by Crippen LogP contribution is 2.27. The van der Waals surface area contributed by atoms with Gasteiger partial charge < -0.3 is 5.11 Å². The molecule has 0 fully saturated rings. The molecule has 1 aliphatic rings. The van der Waals surface area contributed by atoms with Gasteiger partial charge in [-0.2, -0.15) is 0 Å². The lowest BCUT2D eigenvalue weighted by Gasteiger charge is -2.24. The van der Waals surface area contributed by atoms with Gasteiger partial charge in [-0.05, 0) is 31.6 Å². The van der Waals surface area contributed by atoms with Crippen LogP contribution in [0.1, 0.15) is 26.7 Å². The van der Waals surface area contributed by atoms with E-state index in [0.29, 0.717) is 18.4 Å². The molecule has 0 bridgehead atoms. The van der Waals surface area contributed by atoms with E-state index in [0.717, 1.165) is 0 Å². The Morgan fingerprint density at radius 1 is 1.70 bits per heavy atom. The Hall–Kier alpha value is -0.300. The molecule has 0 saturated heterocycles. The zero-order valence-corrected chi connectivity index (χ0v) is 6.80. The molecule has 0 aromatic heterocycles. The number of aliphatic hydroxyl groups is 1. The third-order valence-corrected chi connectivity index (χ3v) is 2.43. The fourth-order valence-electron chi connectivity index (χ4n) is 1.60. The molecule has 0 radical (unpaired) electrons. The Kier molecular flexibility index (Phi) is 2.50. The van der Waals surface area contributed by atoms with Crippen LogP contribution in [-0.4, -0.2) is 11.7 Å². The molecule has 0 amide bonds. The zero-order chi connectivity index (χ0) is 7.56. The summed E-state index contributed by atoms with van der Waals surface area (Å²) in [5.74, 6) is 1.10. The minimum atomic E-state index is 0.352. The summed E-state index contributed by atoms with van der Waals surface area (Å²) in [6.07, 6.45) is 4.62. The minimum Gasteiger partial charge on any atom is -0.396 e. The Bertz CT molecular complexity index is 138. The van der Waals surface area contributed by atoms with E-state index >= 15 is 0 Å². The first-order valence-electron chi connectivity index (χ1n) is 4.02. The van der Waals surface area contributed by atoms with Crippen LogP contribution >= 0.6 is 0 Å². The topological polar surface area (TPSA) is 20.2 Å². The van der Waals surface area contributed by atoms with Crippen molar-refractivity contribution in [3.8, 4) is 0 Å². The molecule has 1 rings (SSSR count). The number of hydrogen-bond donors (Lipinski definition) is 1. The highest BCUT2D eigenvalue weighted by molar-refractivity contribution is 5.05. The monoisotopic (exact) mass is 140 g/mol. The van der Waals surface area contributed by atoms with Crippen molar-refractivity contribution >= 4 is 0 Å². The second kappa shape index (κ2) is 3.20. The molecule has 1 unspecified atom stereocenters. The van der Waals surface area contributed by atoms with Gasteiger partial charge in [-0.3, -0.25) is 0 Å². The molecule has 1 nitrogen and oxygen atoms in total. The van der Waals surface area contributed by atoms with Gasteiger partial charge in [-0.25, -0.2) is 0 Å². The van der Waals surface area contributed by atoms with Crippen molar-refractivity contribution in [2.45, 2.75) is 26.7 Å². The lowest BCUT2D eigenvalue weighted by molar-refractivity contribution is 0.186. The van der Waals surface area contributed by atoms with E-state index in [-0.39, 0.29) is 0 Å². The number of rotatable bonds is 1. The Balaban J connectivity index is 2.55. The van der Waals surface area contributed by atoms with E-state index in [1.54, 1.807) is 0 Å². The highest BCUT2D eigenvalue weighted by atomic mass is 16.3. The molecule has 0 spiro atoms. The van der Waals surface area contributed by atoms with Crippen LogP contribution in [-0.2, 0) is 0 Å². The summed E-state index contributed by atoms with van der Waals surface area (Å²) < 4.78 is 0. The van der Waals surface area contributed by atoms with Crippen molar-refractivity contribution in [2.24, 2.45) is 11.8 Å². The van der Waals surface area contributed by atoms with Crippen LogP contribution in [0.15, 0.2) is 11.6 Å². The van der Waals surface area contributed by atoms with Crippen LogP contribution in [0.2, 0.25) is 0 Å². The second-order valence-electron chi connectivity index (χ2n) is 3.35. The second-order valence-corrected chi connectivity index (χ2v) is 3.35. The van der Waals surface area contributed by atoms with E-state index in [9.17, 15) is 0 Å². The van der Waals surface area contributed by atoms with Crippen molar-refractivity contribution in [3.05, 3.63) is 11.6 Å². The van der Waals surface area contributed by atoms with Gasteiger partial charge in [0.25, 0.3) is 0 Å². The average Bonchev–Trinajstić information content (AvgIpc) is 1.88. The largest absolute Gasteiger partial charge is 0.396 e. The summed E-state index contributed by atoms with van der Waals surface area (Å²) in [5.41, 5.74) is 1.48. The first kappa shape index (κ1) is 7.80. The fraction of sp³-hybridized carbons (Fsp3) is 0.778. The lowest BCUT2D eigenvalue weighted by atomic mass is 9.83. The third-order valence-electron chi connectivity index (χ3n) is 2.43. The molecule has 0 aliphatic heterocycles. The van der Waals surface area contributed by atoms with Crippen LogP contribution in [0.5, 0.6) is 0 Å². The van der Waals surface area contributed by atoms with E-state index < -0.39 is 0 Å². The lowest BCUT2D eigenvalue weighted by Crippen LogP contribution is -2.17. The van der Waals surface area contributed by atoms with E-state index in [1.807, 2.05) is 0 Å². The van der Waals surface area contributed by atoms with Crippen molar-refractivity contribution < 1.29 is 5.11 Å². The van der Waals surface area contributed by atoms with Crippen LogP contribution in [0.4, 0.5) is 0 Å². The molecule has 0 aromatic rings. The SMILES string of the molecule is CC1=CC(C)[C@H](CO)CC1. The first-order valence-corrected chi connectivity index (χ1v) is 4.02. The van der Waals surface area contributed by atoms with Crippen LogP contribution in [0.3, 0.4) is 0 Å². The molecular formula is C9H16O. The van der Waals surface area contributed by atoms with E-state index in [4.69, 9.17) is 5.11 Å². The van der Waals surface area contributed by atoms with Crippen molar-refractivity contribution in [1.29, 1.82) is 0 Å². The van der Waals surface area contributed by atoms with Crippen molar-refractivity contribution in [2.75, 3.05) is 6.61 Å². The fourth-order valence-corrected chi connectivity index (χ4v) is 1.60. The molecule has 1 heteroatoms. The number of aliphatic hydroxyl groups excluding tert-OH is 1. The zero-order valence-electron chi connectivity index (χ0n) is 6.80. The van der Waals surface area contributed by atoms with Gasteiger partial charge in [0, 0.05) is 6.61 Å². The summed E-state index contributed by atoms with van der Waals surface area (Å²) in [5, 5.41) is 8.92. The van der Waals surface area contributed by atoms with Crippen LogP contribution < -0.4 is 0 Å². The summed E-state index contributed by atoms with van der Waals surface area (Å²) in [7, 11) is 0. The minimum absolute atomic E-state index is 0.352. The van der Waals surface area contributed by atoms with Gasteiger partial charge in [-0.1, -0.05) is 18.6 Å². The predicted molar refractivity (Wildman–Crippen MR) is 42.7 cm³/mol. The molecule has 0 aromatic carbocycles. The van der Waals surface area contributed by atoms with Gasteiger partial charge in [0.05, 0.1) is 0 Å². The van der Waals surface area contributed by atoms with Gasteiger partial charge >= 0.3 is 0 Å². The average molecular weight is 140 g/mol. The smallest absolute Gasteiger partial charge is 0.0464 e. The van der Waals surface area contributed by atoms with Gasteiger partial charge in [0.1, 0.15) is 0 Å². The number of allylic oxidation sites excluding steroid dienone is 2. The molecule has 1 aliphatic carbocycles. The normalized spacial score (nSPS) is 33.7. The van der Waals surface area contributed by atoms with Crippen molar-refractivity contribution in [3.63, 3.8) is 0 Å². The molecule has 2 atom stereocenters. The third kappa shape index (κ3) is 1.60. The van der Waals surface area contributed by atoms with Crippen LogP contribution in [0, 0.1) is 11.8 Å². The van der Waals surface area contributed by atoms with Crippen LogP contribution in [0.25, 0.3) is 0 Å². The Morgan fingerprint density at radius 3 is 2.90 bits per heavy atom. The number of hydrogen-bond acceptors (Lipinski definition) is 1. The highest BCUT2D eigenvalue weighted by Gasteiger charge is 2.18. The van der Waals surface area contributed by atoms with Gasteiger partial charge in [0.15, 0.2) is 0 Å². The van der Waals surface area contributed by atoms with E-state index in [1.165, 1.54) is 18.4 Å². The maximum absolute atomic E-state index is 8.92. The molecule has 0 heterocycles. The van der Waals surface area contributed by atoms with Gasteiger partial charge in [0.2, 0.25) is 0 Å². The van der Waals surface area contributed by atoms with Gasteiger partial charge in [-0.15, -0.1) is 0 Å².